The summed E-state index contributed by atoms with van der Waals surface area (Å²) in [5.74, 6) is 2.23. The molecule has 0 saturated heterocycles. The molecular weight excluding hydrogens is 510 g/mol. The van der Waals surface area contributed by atoms with Gasteiger partial charge >= 0.3 is 0 Å². The van der Waals surface area contributed by atoms with E-state index in [4.69, 9.17) is 9.73 Å². The Morgan fingerprint density at radius 2 is 1.85 bits per heavy atom. The largest absolute Gasteiger partial charge is 0.470 e. The highest BCUT2D eigenvalue weighted by Crippen LogP contribution is 2.60. The van der Waals surface area contributed by atoms with Gasteiger partial charge < -0.3 is 20.1 Å². The molecule has 1 unspecified atom stereocenters. The quantitative estimate of drug-likeness (QED) is 0.329. The zero-order chi connectivity index (χ0) is 28.8. The Balaban J connectivity index is 1.11. The molecule has 0 amide bonds. The zero-order valence-corrected chi connectivity index (χ0v) is 24.7. The molecule has 0 aromatic heterocycles. The van der Waals surface area contributed by atoms with Crippen LogP contribution in [0.2, 0.25) is 0 Å². The molecular formula is C36H47NO4. The first-order valence-electron chi connectivity index (χ1n) is 15.8. The molecule has 1 aromatic rings. The number of ether oxygens (including phenoxy) is 1. The maximum atomic E-state index is 11.3. The van der Waals surface area contributed by atoms with E-state index >= 15 is 0 Å². The lowest BCUT2D eigenvalue weighted by molar-refractivity contribution is 0.0862. The fraction of sp³-hybridized carbons (Fsp3) is 0.583. The Morgan fingerprint density at radius 3 is 2.61 bits per heavy atom. The molecule has 41 heavy (non-hydrogen) atoms. The van der Waals surface area contributed by atoms with E-state index in [2.05, 4.69) is 50.8 Å². The summed E-state index contributed by atoms with van der Waals surface area (Å²) in [4.78, 5) is 4.75. The molecule has 1 aromatic carbocycles. The van der Waals surface area contributed by atoms with E-state index in [-0.39, 0.29) is 16.9 Å². The highest BCUT2D eigenvalue weighted by atomic mass is 16.5. The average molecular weight is 558 g/mol. The van der Waals surface area contributed by atoms with Crippen LogP contribution in [0.1, 0.15) is 83.3 Å². The van der Waals surface area contributed by atoms with Gasteiger partial charge in [-0.3, -0.25) is 4.99 Å². The Bertz CT molecular complexity index is 1260. The number of nitrogens with zero attached hydrogens (tertiary/aromatic N) is 1. The molecule has 0 spiro atoms. The number of rotatable bonds is 7. The van der Waals surface area contributed by atoms with Gasteiger partial charge in [0.1, 0.15) is 6.10 Å². The summed E-state index contributed by atoms with van der Waals surface area (Å²) < 4.78 is 6.30. The second kappa shape index (κ2) is 11.3. The summed E-state index contributed by atoms with van der Waals surface area (Å²) in [6.07, 6.45) is 15.6. The van der Waals surface area contributed by atoms with E-state index in [1.807, 2.05) is 24.3 Å². The number of aliphatic hydroxyl groups excluding tert-OH is 3. The Labute approximate surface area is 245 Å². The maximum absolute atomic E-state index is 11.3. The molecule has 0 radical (unpaired) electrons. The Hall–Kier alpha value is -2.47. The highest BCUT2D eigenvalue weighted by Gasteiger charge is 2.56. The first-order chi connectivity index (χ1) is 19.7. The van der Waals surface area contributed by atoms with Crippen LogP contribution in [0.15, 0.2) is 82.9 Å². The minimum Gasteiger partial charge on any atom is -0.470 e. The molecule has 4 saturated carbocycles. The number of hydrogen-bond donors (Lipinski definition) is 3. The summed E-state index contributed by atoms with van der Waals surface area (Å²) in [6, 6.07) is 10.2. The number of benzene rings is 1. The number of fused-ring (bicyclic) bond motifs is 1. The van der Waals surface area contributed by atoms with Crippen molar-refractivity contribution in [3.05, 3.63) is 83.5 Å². The summed E-state index contributed by atoms with van der Waals surface area (Å²) in [5.41, 5.74) is 4.26. The summed E-state index contributed by atoms with van der Waals surface area (Å²) >= 11 is 0. The van der Waals surface area contributed by atoms with Gasteiger partial charge in [0.25, 0.3) is 0 Å². The van der Waals surface area contributed by atoms with Crippen LogP contribution < -0.4 is 0 Å². The van der Waals surface area contributed by atoms with Gasteiger partial charge in [0, 0.05) is 6.42 Å². The number of aliphatic hydroxyl groups is 3. The first kappa shape index (κ1) is 28.6. The van der Waals surface area contributed by atoms with Crippen LogP contribution in [0.5, 0.6) is 0 Å². The van der Waals surface area contributed by atoms with Crippen molar-refractivity contribution in [1.29, 1.82) is 0 Å². The van der Waals surface area contributed by atoms with E-state index < -0.39 is 18.3 Å². The third kappa shape index (κ3) is 5.42. The van der Waals surface area contributed by atoms with Gasteiger partial charge in [-0.1, -0.05) is 80.6 Å². The predicted molar refractivity (Wildman–Crippen MR) is 163 cm³/mol. The molecule has 4 aliphatic carbocycles. The molecule has 3 N–H and O–H groups in total. The van der Waals surface area contributed by atoms with E-state index in [9.17, 15) is 15.3 Å². The second-order valence-corrected chi connectivity index (χ2v) is 13.7. The van der Waals surface area contributed by atoms with Crippen LogP contribution in [0, 0.1) is 28.6 Å². The lowest BCUT2D eigenvalue weighted by Crippen LogP contribution is -2.35. The fourth-order valence-electron chi connectivity index (χ4n) is 8.47. The van der Waals surface area contributed by atoms with Crippen LogP contribution in [0.25, 0.3) is 0 Å². The van der Waals surface area contributed by atoms with Crippen molar-refractivity contribution in [2.24, 2.45) is 33.6 Å². The van der Waals surface area contributed by atoms with Crippen molar-refractivity contribution in [3.63, 3.8) is 0 Å². The molecule has 1 heterocycles. The monoisotopic (exact) mass is 557 g/mol. The molecule has 4 fully saturated rings. The van der Waals surface area contributed by atoms with Crippen LogP contribution in [-0.4, -0.2) is 46.1 Å². The van der Waals surface area contributed by atoms with Crippen molar-refractivity contribution in [2.75, 3.05) is 6.54 Å². The topological polar surface area (TPSA) is 82.3 Å². The molecule has 6 rings (SSSR count). The fourth-order valence-corrected chi connectivity index (χ4v) is 8.47. The van der Waals surface area contributed by atoms with E-state index in [1.165, 1.54) is 31.3 Å². The molecule has 220 valence electrons. The van der Waals surface area contributed by atoms with Gasteiger partial charge in [-0.05, 0) is 91.2 Å². The van der Waals surface area contributed by atoms with Crippen molar-refractivity contribution in [2.45, 2.75) is 96.1 Å². The highest BCUT2D eigenvalue weighted by molar-refractivity contribution is 5.87. The van der Waals surface area contributed by atoms with Crippen LogP contribution in [-0.2, 0) is 4.74 Å². The van der Waals surface area contributed by atoms with Crippen LogP contribution >= 0.6 is 0 Å². The van der Waals surface area contributed by atoms with Gasteiger partial charge in [-0.15, -0.1) is 0 Å². The Morgan fingerprint density at radius 1 is 1.07 bits per heavy atom. The summed E-state index contributed by atoms with van der Waals surface area (Å²) in [5, 5.41) is 31.7. The van der Waals surface area contributed by atoms with Gasteiger partial charge in [-0.2, -0.15) is 0 Å². The number of hydrogen-bond acceptors (Lipinski definition) is 5. The smallest absolute Gasteiger partial charge is 0.193 e. The lowest BCUT2D eigenvalue weighted by Gasteiger charge is -2.44. The molecule has 8 atom stereocenters. The van der Waals surface area contributed by atoms with Crippen molar-refractivity contribution >= 4 is 5.90 Å². The minimum atomic E-state index is -0.647. The molecule has 5 nitrogen and oxygen atoms in total. The van der Waals surface area contributed by atoms with E-state index in [1.54, 1.807) is 0 Å². The average Bonchev–Trinajstić information content (AvgIpc) is 3.47. The summed E-state index contributed by atoms with van der Waals surface area (Å²) in [6.45, 7) is 9.52. The second-order valence-electron chi connectivity index (χ2n) is 13.7. The van der Waals surface area contributed by atoms with Crippen LogP contribution in [0.3, 0.4) is 0 Å². The molecule has 1 aliphatic heterocycles. The number of allylic oxidation sites excluding steroid dienone is 4. The van der Waals surface area contributed by atoms with Gasteiger partial charge in [-0.25, -0.2) is 0 Å². The third-order valence-electron chi connectivity index (χ3n) is 11.1. The van der Waals surface area contributed by atoms with Crippen molar-refractivity contribution in [3.8, 4) is 0 Å². The third-order valence-corrected chi connectivity index (χ3v) is 11.1. The van der Waals surface area contributed by atoms with Crippen molar-refractivity contribution < 1.29 is 20.1 Å². The van der Waals surface area contributed by atoms with Gasteiger partial charge in [0.05, 0.1) is 30.3 Å². The standard InChI is InChI=1S/C36H47NO4/c1-23(11-16-33(40)36(18-19-36)34-37-22-32(41-34)26-8-5-4-6-9-26)29-14-15-30-25(10-7-17-35(29,30)3)12-13-27-20-28(38)21-31(39)24(27)2/h4-6,8-9,11-13,16,23,28-33,38-40H,2,7,10,14-15,17-22H2,1,3H3/t23-,28-,29-,30+,31+,32?,33+,35-/m1/s1. The van der Waals surface area contributed by atoms with Crippen LogP contribution in [0.4, 0.5) is 0 Å². The normalized spacial score (nSPS) is 38.1. The molecule has 5 aliphatic rings. The number of aliphatic imine (C=N–C) groups is 1. The van der Waals surface area contributed by atoms with E-state index in [0.717, 1.165) is 41.9 Å². The SMILES string of the molecule is C=C1C(=CC=C2CCC[C@]3(C)[C@@H]([C@H](C)C=C[C@H](O)C4(C5=NCC(c6ccccc6)O5)CC4)CC[C@@H]23)C[C@@H](O)C[C@@H]1O. The predicted octanol–water partition coefficient (Wildman–Crippen LogP) is 6.63. The molecule has 0 bridgehead atoms. The van der Waals surface area contributed by atoms with Gasteiger partial charge in [0.2, 0.25) is 0 Å². The minimum absolute atomic E-state index is 0.0512. The first-order valence-corrected chi connectivity index (χ1v) is 15.8. The molecule has 5 heteroatoms. The van der Waals surface area contributed by atoms with E-state index in [0.29, 0.717) is 37.1 Å². The van der Waals surface area contributed by atoms with Gasteiger partial charge in [0.15, 0.2) is 5.90 Å². The summed E-state index contributed by atoms with van der Waals surface area (Å²) in [7, 11) is 0. The Kier molecular flexibility index (Phi) is 7.90. The maximum Gasteiger partial charge on any atom is 0.193 e. The van der Waals surface area contributed by atoms with Crippen molar-refractivity contribution in [1.82, 2.24) is 0 Å². The zero-order valence-electron chi connectivity index (χ0n) is 24.7. The lowest BCUT2D eigenvalue weighted by atomic mass is 9.61.